The number of nitrogens with two attached hydrogens (primary N) is 1. The van der Waals surface area contributed by atoms with Gasteiger partial charge < -0.3 is 10.5 Å². The largest absolute Gasteiger partial charge is 0.399 e. The molecule has 0 spiro atoms. The number of rotatable bonds is 2. The zero-order chi connectivity index (χ0) is 10.7. The normalized spacial score (nSPS) is 21.5. The van der Waals surface area contributed by atoms with Gasteiger partial charge in [-0.05, 0) is 48.9 Å². The predicted octanol–water partition coefficient (Wildman–Crippen LogP) is 3.00. The number of hydrogen-bond donors (Lipinski definition) is 1. The van der Waals surface area contributed by atoms with Crippen LogP contribution in [-0.4, -0.2) is 13.2 Å². The Bertz CT molecular complexity index is 334. The second-order valence-corrected chi connectivity index (χ2v) is 5.05. The Morgan fingerprint density at radius 3 is 3.07 bits per heavy atom. The summed E-state index contributed by atoms with van der Waals surface area (Å²) in [6.07, 6.45) is 3.47. The highest BCUT2D eigenvalue weighted by Crippen LogP contribution is 2.24. The second kappa shape index (κ2) is 4.99. The first-order valence-corrected chi connectivity index (χ1v) is 6.16. The molecule has 0 bridgehead atoms. The average Bonchev–Trinajstić information content (AvgIpc) is 2.25. The van der Waals surface area contributed by atoms with E-state index in [2.05, 4.69) is 22.0 Å². The molecule has 3 heteroatoms. The summed E-state index contributed by atoms with van der Waals surface area (Å²) in [5.41, 5.74) is 8.07. The fourth-order valence-electron chi connectivity index (χ4n) is 2.03. The van der Waals surface area contributed by atoms with Crippen LogP contribution < -0.4 is 5.73 Å². The van der Waals surface area contributed by atoms with E-state index >= 15 is 0 Å². The molecule has 1 atom stereocenters. The minimum Gasteiger partial charge on any atom is -0.399 e. The summed E-state index contributed by atoms with van der Waals surface area (Å²) in [5, 5.41) is 0. The van der Waals surface area contributed by atoms with Crippen LogP contribution in [0.2, 0.25) is 0 Å². The highest BCUT2D eigenvalue weighted by Gasteiger charge is 2.15. The molecular formula is C12H16BrNO. The standard InChI is InChI=1S/C12H16BrNO/c13-11-3-4-12(14)10(7-11)6-9-2-1-5-15-8-9/h3-4,7,9H,1-2,5-6,8,14H2. The summed E-state index contributed by atoms with van der Waals surface area (Å²) < 4.78 is 6.57. The number of hydrogen-bond acceptors (Lipinski definition) is 2. The van der Waals surface area contributed by atoms with Crippen molar-refractivity contribution in [2.24, 2.45) is 5.92 Å². The summed E-state index contributed by atoms with van der Waals surface area (Å²) in [6.45, 7) is 1.80. The highest BCUT2D eigenvalue weighted by molar-refractivity contribution is 9.10. The summed E-state index contributed by atoms with van der Waals surface area (Å²) in [7, 11) is 0. The predicted molar refractivity (Wildman–Crippen MR) is 65.8 cm³/mol. The topological polar surface area (TPSA) is 35.2 Å². The van der Waals surface area contributed by atoms with E-state index < -0.39 is 0 Å². The van der Waals surface area contributed by atoms with E-state index in [9.17, 15) is 0 Å². The number of halogens is 1. The smallest absolute Gasteiger partial charge is 0.0497 e. The van der Waals surface area contributed by atoms with Crippen LogP contribution in [0.4, 0.5) is 5.69 Å². The molecule has 0 amide bonds. The summed E-state index contributed by atoms with van der Waals surface area (Å²) in [5.74, 6) is 0.635. The van der Waals surface area contributed by atoms with Crippen LogP contribution in [-0.2, 0) is 11.2 Å². The molecule has 1 aromatic carbocycles. The van der Waals surface area contributed by atoms with Gasteiger partial charge in [-0.2, -0.15) is 0 Å². The molecule has 2 nitrogen and oxygen atoms in total. The van der Waals surface area contributed by atoms with Crippen LogP contribution in [0.5, 0.6) is 0 Å². The van der Waals surface area contributed by atoms with Crippen molar-refractivity contribution in [1.29, 1.82) is 0 Å². The van der Waals surface area contributed by atoms with Crippen LogP contribution in [0.3, 0.4) is 0 Å². The van der Waals surface area contributed by atoms with Gasteiger partial charge in [0, 0.05) is 23.4 Å². The molecule has 0 aromatic heterocycles. The Kier molecular flexibility index (Phi) is 3.65. The summed E-state index contributed by atoms with van der Waals surface area (Å²) in [4.78, 5) is 0. The number of anilines is 1. The van der Waals surface area contributed by atoms with Crippen LogP contribution in [0.15, 0.2) is 22.7 Å². The lowest BCUT2D eigenvalue weighted by molar-refractivity contribution is 0.0551. The lowest BCUT2D eigenvalue weighted by atomic mass is 9.93. The molecule has 1 unspecified atom stereocenters. The average molecular weight is 270 g/mol. The Hall–Kier alpha value is -0.540. The van der Waals surface area contributed by atoms with Gasteiger partial charge in [0.25, 0.3) is 0 Å². The second-order valence-electron chi connectivity index (χ2n) is 4.13. The molecule has 2 N–H and O–H groups in total. The third kappa shape index (κ3) is 2.95. The van der Waals surface area contributed by atoms with Crippen molar-refractivity contribution in [3.8, 4) is 0 Å². The van der Waals surface area contributed by atoms with Gasteiger partial charge in [0.1, 0.15) is 0 Å². The van der Waals surface area contributed by atoms with E-state index in [4.69, 9.17) is 10.5 Å². The van der Waals surface area contributed by atoms with Crippen LogP contribution >= 0.6 is 15.9 Å². The fourth-order valence-corrected chi connectivity index (χ4v) is 2.44. The highest BCUT2D eigenvalue weighted by atomic mass is 79.9. The molecule has 1 aromatic rings. The van der Waals surface area contributed by atoms with Crippen molar-refractivity contribution in [3.05, 3.63) is 28.2 Å². The van der Waals surface area contributed by atoms with Gasteiger partial charge >= 0.3 is 0 Å². The van der Waals surface area contributed by atoms with Crippen molar-refractivity contribution < 1.29 is 4.74 Å². The van der Waals surface area contributed by atoms with E-state index in [0.29, 0.717) is 5.92 Å². The zero-order valence-electron chi connectivity index (χ0n) is 8.71. The molecule has 2 rings (SSSR count). The van der Waals surface area contributed by atoms with Crippen LogP contribution in [0.1, 0.15) is 18.4 Å². The maximum absolute atomic E-state index is 5.94. The summed E-state index contributed by atoms with van der Waals surface area (Å²) >= 11 is 3.47. The fraction of sp³-hybridized carbons (Fsp3) is 0.500. The van der Waals surface area contributed by atoms with Crippen molar-refractivity contribution in [3.63, 3.8) is 0 Å². The van der Waals surface area contributed by atoms with Gasteiger partial charge in [-0.25, -0.2) is 0 Å². The Morgan fingerprint density at radius 2 is 2.33 bits per heavy atom. The molecule has 1 aliphatic heterocycles. The Morgan fingerprint density at radius 1 is 1.47 bits per heavy atom. The van der Waals surface area contributed by atoms with Crippen molar-refractivity contribution in [1.82, 2.24) is 0 Å². The molecule has 0 radical (unpaired) electrons. The van der Waals surface area contributed by atoms with Crippen molar-refractivity contribution in [2.45, 2.75) is 19.3 Å². The van der Waals surface area contributed by atoms with Crippen LogP contribution in [0, 0.1) is 5.92 Å². The Balaban J connectivity index is 2.05. The molecule has 0 aliphatic carbocycles. The van der Waals surface area contributed by atoms with Gasteiger partial charge in [0.15, 0.2) is 0 Å². The lowest BCUT2D eigenvalue weighted by Crippen LogP contribution is -2.19. The van der Waals surface area contributed by atoms with Gasteiger partial charge in [0.2, 0.25) is 0 Å². The van der Waals surface area contributed by atoms with E-state index in [1.807, 2.05) is 12.1 Å². The maximum atomic E-state index is 5.94. The van der Waals surface area contributed by atoms with Gasteiger partial charge in [-0.3, -0.25) is 0 Å². The van der Waals surface area contributed by atoms with Gasteiger partial charge in [0.05, 0.1) is 0 Å². The first-order chi connectivity index (χ1) is 7.25. The SMILES string of the molecule is Nc1ccc(Br)cc1CC1CCCOC1. The van der Waals surface area contributed by atoms with Crippen LogP contribution in [0.25, 0.3) is 0 Å². The molecular weight excluding hydrogens is 254 g/mol. The lowest BCUT2D eigenvalue weighted by Gasteiger charge is -2.22. The van der Waals surface area contributed by atoms with E-state index in [1.54, 1.807) is 0 Å². The maximum Gasteiger partial charge on any atom is 0.0497 e. The third-order valence-electron chi connectivity index (χ3n) is 2.87. The molecule has 1 aliphatic rings. The molecule has 0 saturated carbocycles. The molecule has 1 fully saturated rings. The molecule has 15 heavy (non-hydrogen) atoms. The minimum absolute atomic E-state index is 0.635. The van der Waals surface area contributed by atoms with Gasteiger partial charge in [-0.1, -0.05) is 15.9 Å². The van der Waals surface area contributed by atoms with E-state index in [0.717, 1.165) is 29.8 Å². The molecule has 1 saturated heterocycles. The van der Waals surface area contributed by atoms with Crippen molar-refractivity contribution >= 4 is 21.6 Å². The monoisotopic (exact) mass is 269 g/mol. The van der Waals surface area contributed by atoms with Gasteiger partial charge in [-0.15, -0.1) is 0 Å². The Labute approximate surface area is 98.9 Å². The number of benzene rings is 1. The molecule has 1 heterocycles. The molecule has 82 valence electrons. The number of ether oxygens (including phenoxy) is 1. The third-order valence-corrected chi connectivity index (χ3v) is 3.36. The quantitative estimate of drug-likeness (QED) is 0.838. The summed E-state index contributed by atoms with van der Waals surface area (Å²) in [6, 6.07) is 6.06. The number of nitrogen functional groups attached to an aromatic ring is 1. The van der Waals surface area contributed by atoms with Crippen molar-refractivity contribution in [2.75, 3.05) is 18.9 Å². The minimum atomic E-state index is 0.635. The van der Waals surface area contributed by atoms with E-state index in [1.165, 1.54) is 18.4 Å². The first-order valence-electron chi connectivity index (χ1n) is 5.37. The first kappa shape index (κ1) is 11.0. The zero-order valence-corrected chi connectivity index (χ0v) is 10.3. The van der Waals surface area contributed by atoms with E-state index in [-0.39, 0.29) is 0 Å².